The number of hydrogen-bond donors (Lipinski definition) is 3. The van der Waals surface area contributed by atoms with Crippen molar-refractivity contribution in [3.63, 3.8) is 0 Å². The summed E-state index contributed by atoms with van der Waals surface area (Å²) in [6, 6.07) is 1.80. The lowest BCUT2D eigenvalue weighted by Gasteiger charge is -2.31. The normalized spacial score (nSPS) is 19.9. The first-order valence-corrected chi connectivity index (χ1v) is 15.4. The minimum atomic E-state index is -3.86. The Balaban J connectivity index is 1.40. The molecule has 250 valence electrons. The number of esters is 1. The third-order valence-electron chi connectivity index (χ3n) is 9.12. The molecule has 0 spiro atoms. The van der Waals surface area contributed by atoms with E-state index in [1.807, 2.05) is 0 Å². The number of halogens is 3. The molecule has 1 aliphatic carbocycles. The number of carbonyl (C=O) groups excluding carboxylic acids is 3. The van der Waals surface area contributed by atoms with Crippen molar-refractivity contribution in [3.8, 4) is 11.4 Å². The van der Waals surface area contributed by atoms with Gasteiger partial charge in [0.2, 0.25) is 0 Å². The van der Waals surface area contributed by atoms with E-state index < -0.39 is 65.5 Å². The molecule has 2 atom stereocenters. The monoisotopic (exact) mass is 656 g/mol. The van der Waals surface area contributed by atoms with Crippen molar-refractivity contribution in [3.05, 3.63) is 61.7 Å². The average molecular weight is 657 g/mol. The number of aliphatic hydroxyl groups is 1. The summed E-state index contributed by atoms with van der Waals surface area (Å²) in [4.78, 5) is 56.0. The highest BCUT2D eigenvalue weighted by molar-refractivity contribution is 5.94. The number of cyclic esters (lactones) is 1. The summed E-state index contributed by atoms with van der Waals surface area (Å²) < 4.78 is 57.0. The Hall–Kier alpha value is -4.46. The van der Waals surface area contributed by atoms with Crippen LogP contribution in [0.25, 0.3) is 22.3 Å². The highest BCUT2D eigenvalue weighted by Crippen LogP contribution is 2.46. The largest absolute Gasteiger partial charge is 0.458 e. The summed E-state index contributed by atoms with van der Waals surface area (Å²) in [5, 5.41) is 16.4. The van der Waals surface area contributed by atoms with Crippen molar-refractivity contribution >= 4 is 28.9 Å². The van der Waals surface area contributed by atoms with Crippen molar-refractivity contribution in [1.82, 2.24) is 20.2 Å². The van der Waals surface area contributed by atoms with Crippen LogP contribution in [-0.4, -0.2) is 50.7 Å². The van der Waals surface area contributed by atoms with Gasteiger partial charge < -0.3 is 29.8 Å². The summed E-state index contributed by atoms with van der Waals surface area (Å²) in [5.41, 5.74) is -0.539. The molecular formula is C33H35F3N4O7. The predicted octanol–water partition coefficient (Wildman–Crippen LogP) is 4.18. The summed E-state index contributed by atoms with van der Waals surface area (Å²) in [6.07, 6.45) is -1.49. The minimum absolute atomic E-state index is 0.0357. The van der Waals surface area contributed by atoms with Gasteiger partial charge in [0.05, 0.1) is 35.1 Å². The average Bonchev–Trinajstić information content (AvgIpc) is 3.36. The first-order chi connectivity index (χ1) is 22.0. The summed E-state index contributed by atoms with van der Waals surface area (Å²) in [7, 11) is 0. The molecule has 0 saturated carbocycles. The van der Waals surface area contributed by atoms with Gasteiger partial charge in [-0.2, -0.15) is 8.78 Å². The zero-order chi connectivity index (χ0) is 34.2. The molecule has 2 aliphatic heterocycles. The second-order valence-electron chi connectivity index (χ2n) is 13.3. The quantitative estimate of drug-likeness (QED) is 0.262. The third-order valence-corrected chi connectivity index (χ3v) is 9.12. The molecule has 47 heavy (non-hydrogen) atoms. The number of hydrogen-bond acceptors (Lipinski definition) is 8. The van der Waals surface area contributed by atoms with Gasteiger partial charge in [-0.25, -0.2) is 19.0 Å². The number of benzene rings is 1. The number of fused-ring (bicyclic) bond motifs is 5. The second-order valence-corrected chi connectivity index (χ2v) is 13.3. The molecule has 4 heterocycles. The van der Waals surface area contributed by atoms with Crippen LogP contribution in [0.1, 0.15) is 86.4 Å². The molecule has 2 amide bonds. The fourth-order valence-corrected chi connectivity index (χ4v) is 6.71. The SMILES string of the molecule is CC[C@@]1(O)C(=O)OCc2c1cc1n(c2=O)Cc2c-1nc1cc(F)c(C)c3c1c2[C@@H](NC(=O)C(F)(F)CCNC(=O)OC(C)(C)C)CC3. The fourth-order valence-electron chi connectivity index (χ4n) is 6.71. The second kappa shape index (κ2) is 11.1. The molecule has 6 rings (SSSR count). The van der Waals surface area contributed by atoms with Crippen LogP contribution in [0.15, 0.2) is 16.9 Å². The van der Waals surface area contributed by atoms with E-state index >= 15 is 13.2 Å². The Morgan fingerprint density at radius 1 is 1.19 bits per heavy atom. The zero-order valence-electron chi connectivity index (χ0n) is 26.6. The maximum atomic E-state index is 15.1. The maximum absolute atomic E-state index is 15.1. The number of aryl methyl sites for hydroxylation is 1. The molecule has 3 aliphatic rings. The Labute approximate surface area is 267 Å². The van der Waals surface area contributed by atoms with Gasteiger partial charge in [-0.05, 0) is 69.7 Å². The maximum Gasteiger partial charge on any atom is 0.407 e. The van der Waals surface area contributed by atoms with E-state index in [1.54, 1.807) is 34.6 Å². The van der Waals surface area contributed by atoms with E-state index in [-0.39, 0.29) is 60.4 Å². The van der Waals surface area contributed by atoms with E-state index in [0.29, 0.717) is 27.6 Å². The van der Waals surface area contributed by atoms with Gasteiger partial charge in [-0.15, -0.1) is 0 Å². The van der Waals surface area contributed by atoms with Crippen LogP contribution in [0.2, 0.25) is 0 Å². The van der Waals surface area contributed by atoms with Gasteiger partial charge >= 0.3 is 18.0 Å². The van der Waals surface area contributed by atoms with Crippen LogP contribution in [0.3, 0.4) is 0 Å². The van der Waals surface area contributed by atoms with Gasteiger partial charge in [0.1, 0.15) is 18.0 Å². The number of alkyl carbamates (subject to hydrolysis) is 1. The van der Waals surface area contributed by atoms with Crippen molar-refractivity contribution in [2.45, 2.75) is 96.6 Å². The van der Waals surface area contributed by atoms with Gasteiger partial charge in [0.15, 0.2) is 5.60 Å². The number of ether oxygens (including phenoxy) is 2. The van der Waals surface area contributed by atoms with Gasteiger partial charge in [0, 0.05) is 35.5 Å². The van der Waals surface area contributed by atoms with Crippen LogP contribution in [0.5, 0.6) is 0 Å². The lowest BCUT2D eigenvalue weighted by molar-refractivity contribution is -0.172. The molecule has 3 aromatic rings. The molecular weight excluding hydrogens is 621 g/mol. The molecule has 0 fully saturated rings. The summed E-state index contributed by atoms with van der Waals surface area (Å²) >= 11 is 0. The van der Waals surface area contributed by atoms with Crippen molar-refractivity contribution in [2.24, 2.45) is 0 Å². The number of pyridine rings is 2. The molecule has 2 aromatic heterocycles. The highest BCUT2D eigenvalue weighted by atomic mass is 19.3. The summed E-state index contributed by atoms with van der Waals surface area (Å²) in [5.74, 6) is -6.81. The fraction of sp³-hybridized carbons (Fsp3) is 0.485. The smallest absolute Gasteiger partial charge is 0.407 e. The van der Waals surface area contributed by atoms with Crippen molar-refractivity contribution in [2.75, 3.05) is 6.54 Å². The Morgan fingerprint density at radius 2 is 1.91 bits per heavy atom. The molecule has 14 heteroatoms. The molecule has 1 aromatic carbocycles. The van der Waals surface area contributed by atoms with Gasteiger partial charge in [0.25, 0.3) is 11.5 Å². The topological polar surface area (TPSA) is 149 Å². The number of nitrogens with zero attached hydrogens (tertiary/aromatic N) is 2. The number of aromatic nitrogens is 2. The van der Waals surface area contributed by atoms with Gasteiger partial charge in [-0.3, -0.25) is 9.59 Å². The number of rotatable bonds is 6. The number of alkyl halides is 2. The molecule has 0 saturated heterocycles. The molecule has 11 nitrogen and oxygen atoms in total. The van der Waals surface area contributed by atoms with Crippen LogP contribution in [0.4, 0.5) is 18.0 Å². The summed E-state index contributed by atoms with van der Waals surface area (Å²) in [6.45, 7) is 7.19. The van der Waals surface area contributed by atoms with E-state index in [2.05, 4.69) is 10.6 Å². The van der Waals surface area contributed by atoms with E-state index in [1.165, 1.54) is 16.7 Å². The molecule has 0 bridgehead atoms. The zero-order valence-corrected chi connectivity index (χ0v) is 26.6. The standard InChI is InChI=1S/C33H35F3N4O7/c1-6-32(45)19-11-23-26-17(13-40(23)27(41)18(19)14-46-29(32)43)25-21(8-7-16-15(2)20(34)12-22(38-26)24(16)25)39-28(42)33(35,36)9-10-37-30(44)47-31(3,4)5/h11-12,21,45H,6-10,13-14H2,1-5H3,(H,37,44)(H,39,42)/t21-,32-/m0/s1. The van der Waals surface area contributed by atoms with Crippen LogP contribution in [0, 0.1) is 12.7 Å². The first kappa shape index (κ1) is 32.5. The Morgan fingerprint density at radius 3 is 2.60 bits per heavy atom. The number of carbonyl (C=O) groups is 3. The number of amides is 2. The number of nitrogens with one attached hydrogen (secondary N) is 2. The Kier molecular flexibility index (Phi) is 7.65. The van der Waals surface area contributed by atoms with E-state index in [9.17, 15) is 24.3 Å². The Bertz CT molecular complexity index is 1930. The van der Waals surface area contributed by atoms with Crippen LogP contribution in [-0.2, 0) is 44.2 Å². The van der Waals surface area contributed by atoms with Crippen molar-refractivity contribution in [1.29, 1.82) is 0 Å². The molecule has 0 radical (unpaired) electrons. The van der Waals surface area contributed by atoms with E-state index in [4.69, 9.17) is 14.5 Å². The third kappa shape index (κ3) is 5.31. The lowest BCUT2D eigenvalue weighted by atomic mass is 9.81. The molecule has 0 unspecified atom stereocenters. The highest BCUT2D eigenvalue weighted by Gasteiger charge is 2.46. The first-order valence-electron chi connectivity index (χ1n) is 15.4. The predicted molar refractivity (Wildman–Crippen MR) is 162 cm³/mol. The van der Waals surface area contributed by atoms with Gasteiger partial charge in [-0.1, -0.05) is 6.92 Å². The minimum Gasteiger partial charge on any atom is -0.458 e. The van der Waals surface area contributed by atoms with E-state index in [0.717, 1.165) is 0 Å². The molecule has 3 N–H and O–H groups in total. The van der Waals surface area contributed by atoms with Crippen LogP contribution < -0.4 is 16.2 Å². The van der Waals surface area contributed by atoms with Crippen molar-refractivity contribution < 1.29 is 42.1 Å². The lowest BCUT2D eigenvalue weighted by Crippen LogP contribution is -2.45. The van der Waals surface area contributed by atoms with Crippen LogP contribution >= 0.6 is 0 Å².